The molecule has 0 nitrogen and oxygen atoms in total. The van der Waals surface area contributed by atoms with E-state index in [9.17, 15) is 0 Å². The molecule has 0 aliphatic rings. The Balaban J connectivity index is 2.31. The average molecular weight is 346 g/mol. The first kappa shape index (κ1) is 17.9. The van der Waals surface area contributed by atoms with Crippen LogP contribution >= 0.6 is 7.92 Å². The maximum absolute atomic E-state index is 2.34. The maximum Gasteiger partial charge on any atom is -0.0114 e. The Morgan fingerprint density at radius 3 is 1.40 bits per heavy atom. The van der Waals surface area contributed by atoms with Gasteiger partial charge in [0.05, 0.1) is 0 Å². The zero-order chi connectivity index (χ0) is 18.0. The standard InChI is InChI=1S/C24H27P/c1-18-12-6-9-15-21(18)25(22-16-10-7-13-19(22)2)23-17-11-8-14-20(23)24(3,4)5/h6-17H,1-5H3. The summed E-state index contributed by atoms with van der Waals surface area (Å²) in [6.45, 7) is 11.4. The summed E-state index contributed by atoms with van der Waals surface area (Å²) in [5.41, 5.74) is 4.33. The third kappa shape index (κ3) is 3.70. The van der Waals surface area contributed by atoms with Gasteiger partial charge in [-0.15, -0.1) is 0 Å². The van der Waals surface area contributed by atoms with Crippen LogP contribution in [-0.2, 0) is 5.41 Å². The molecule has 0 radical (unpaired) electrons. The minimum Gasteiger partial charge on any atom is -0.0620 e. The van der Waals surface area contributed by atoms with Crippen LogP contribution in [0.5, 0.6) is 0 Å². The lowest BCUT2D eigenvalue weighted by molar-refractivity contribution is 0.594. The van der Waals surface area contributed by atoms with Gasteiger partial charge in [0.1, 0.15) is 0 Å². The van der Waals surface area contributed by atoms with Gasteiger partial charge in [-0.3, -0.25) is 0 Å². The Bertz CT molecular complexity index is 826. The van der Waals surface area contributed by atoms with Gasteiger partial charge in [-0.25, -0.2) is 0 Å². The van der Waals surface area contributed by atoms with E-state index in [0.717, 1.165) is 0 Å². The molecule has 0 atom stereocenters. The van der Waals surface area contributed by atoms with Gasteiger partial charge in [0.2, 0.25) is 0 Å². The highest BCUT2D eigenvalue weighted by Gasteiger charge is 2.26. The SMILES string of the molecule is Cc1ccccc1P(c1ccccc1C)c1ccccc1C(C)(C)C. The van der Waals surface area contributed by atoms with E-state index in [2.05, 4.69) is 107 Å². The predicted octanol–water partition coefficient (Wildman–Crippen LogP) is 5.36. The highest BCUT2D eigenvalue weighted by Crippen LogP contribution is 2.39. The average Bonchev–Trinajstić information content (AvgIpc) is 2.58. The normalized spacial score (nSPS) is 11.8. The molecule has 0 fully saturated rings. The van der Waals surface area contributed by atoms with Gasteiger partial charge in [0, 0.05) is 0 Å². The summed E-state index contributed by atoms with van der Waals surface area (Å²) in [5.74, 6) is 0. The van der Waals surface area contributed by atoms with Gasteiger partial charge in [0.25, 0.3) is 0 Å². The van der Waals surface area contributed by atoms with Crippen molar-refractivity contribution in [1.29, 1.82) is 0 Å². The first-order valence-corrected chi connectivity index (χ1v) is 10.2. The van der Waals surface area contributed by atoms with Gasteiger partial charge < -0.3 is 0 Å². The molecule has 3 aromatic rings. The van der Waals surface area contributed by atoms with Crippen LogP contribution in [-0.4, -0.2) is 0 Å². The number of hydrogen-bond acceptors (Lipinski definition) is 0. The van der Waals surface area contributed by atoms with Crippen LogP contribution in [0.2, 0.25) is 0 Å². The molecule has 25 heavy (non-hydrogen) atoms. The van der Waals surface area contributed by atoms with Gasteiger partial charge in [-0.1, -0.05) is 93.6 Å². The fraction of sp³-hybridized carbons (Fsp3) is 0.250. The van der Waals surface area contributed by atoms with Gasteiger partial charge in [-0.05, 0) is 59.8 Å². The molecule has 3 rings (SSSR count). The molecule has 0 aliphatic heterocycles. The van der Waals surface area contributed by atoms with Crippen LogP contribution in [0.3, 0.4) is 0 Å². The molecule has 0 N–H and O–H groups in total. The molecule has 0 unspecified atom stereocenters. The highest BCUT2D eigenvalue weighted by molar-refractivity contribution is 7.80. The van der Waals surface area contributed by atoms with E-state index in [1.54, 1.807) is 0 Å². The summed E-state index contributed by atoms with van der Waals surface area (Å²) in [7, 11) is -0.573. The first-order chi connectivity index (χ1) is 11.9. The van der Waals surface area contributed by atoms with Crippen molar-refractivity contribution in [2.45, 2.75) is 40.0 Å². The molecule has 0 heterocycles. The van der Waals surface area contributed by atoms with Crippen molar-refractivity contribution in [2.24, 2.45) is 0 Å². The van der Waals surface area contributed by atoms with E-state index in [1.807, 2.05) is 0 Å². The van der Waals surface area contributed by atoms with Crippen molar-refractivity contribution >= 4 is 23.8 Å². The van der Waals surface area contributed by atoms with E-state index in [4.69, 9.17) is 0 Å². The minimum atomic E-state index is -0.573. The van der Waals surface area contributed by atoms with Crippen LogP contribution in [0.25, 0.3) is 0 Å². The molecule has 0 aliphatic carbocycles. The third-order valence-electron chi connectivity index (χ3n) is 4.67. The molecule has 1 heteroatoms. The van der Waals surface area contributed by atoms with E-state index in [1.165, 1.54) is 32.6 Å². The van der Waals surface area contributed by atoms with Crippen molar-refractivity contribution in [2.75, 3.05) is 0 Å². The van der Waals surface area contributed by atoms with Gasteiger partial charge >= 0.3 is 0 Å². The second-order valence-electron chi connectivity index (χ2n) is 7.68. The van der Waals surface area contributed by atoms with E-state index >= 15 is 0 Å². The van der Waals surface area contributed by atoms with E-state index in [0.29, 0.717) is 0 Å². The summed E-state index contributed by atoms with van der Waals surface area (Å²) in [4.78, 5) is 0. The van der Waals surface area contributed by atoms with Gasteiger partial charge in [-0.2, -0.15) is 0 Å². The molecule has 128 valence electrons. The maximum atomic E-state index is 2.34. The van der Waals surface area contributed by atoms with Crippen LogP contribution in [0.15, 0.2) is 72.8 Å². The van der Waals surface area contributed by atoms with Crippen molar-refractivity contribution in [3.05, 3.63) is 89.5 Å². The zero-order valence-corrected chi connectivity index (χ0v) is 16.8. The molecule has 3 aromatic carbocycles. The fourth-order valence-electron chi connectivity index (χ4n) is 3.32. The van der Waals surface area contributed by atoms with Crippen LogP contribution < -0.4 is 15.9 Å². The number of rotatable bonds is 3. The van der Waals surface area contributed by atoms with E-state index < -0.39 is 7.92 Å². The topological polar surface area (TPSA) is 0 Å². The van der Waals surface area contributed by atoms with Crippen LogP contribution in [0.1, 0.15) is 37.5 Å². The Kier molecular flexibility index (Phi) is 5.11. The van der Waals surface area contributed by atoms with Crippen LogP contribution in [0, 0.1) is 13.8 Å². The molecular formula is C24H27P. The minimum absolute atomic E-state index is 0.128. The van der Waals surface area contributed by atoms with Crippen molar-refractivity contribution in [3.63, 3.8) is 0 Å². The van der Waals surface area contributed by atoms with Gasteiger partial charge in [0.15, 0.2) is 0 Å². The van der Waals surface area contributed by atoms with Crippen LogP contribution in [0.4, 0.5) is 0 Å². The Hall–Kier alpha value is -1.91. The number of hydrogen-bond donors (Lipinski definition) is 0. The lowest BCUT2D eigenvalue weighted by Crippen LogP contribution is -2.30. The van der Waals surface area contributed by atoms with Crippen molar-refractivity contribution in [3.8, 4) is 0 Å². The molecule has 0 saturated carbocycles. The molecule has 0 saturated heterocycles. The third-order valence-corrected chi connectivity index (χ3v) is 7.50. The largest absolute Gasteiger partial charge is 0.0620 e. The Morgan fingerprint density at radius 1 is 0.560 bits per heavy atom. The monoisotopic (exact) mass is 346 g/mol. The van der Waals surface area contributed by atoms with E-state index in [-0.39, 0.29) is 5.41 Å². The molecular weight excluding hydrogens is 319 g/mol. The zero-order valence-electron chi connectivity index (χ0n) is 15.9. The lowest BCUT2D eigenvalue weighted by atomic mass is 9.87. The molecule has 0 aromatic heterocycles. The molecule has 0 spiro atoms. The number of aryl methyl sites for hydroxylation is 2. The summed E-state index contributed by atoms with van der Waals surface area (Å²) in [6, 6.07) is 26.7. The summed E-state index contributed by atoms with van der Waals surface area (Å²) >= 11 is 0. The second-order valence-corrected chi connectivity index (χ2v) is 9.79. The number of benzene rings is 3. The Labute approximate surface area is 153 Å². The summed E-state index contributed by atoms with van der Waals surface area (Å²) in [5, 5.41) is 4.40. The quantitative estimate of drug-likeness (QED) is 0.560. The second kappa shape index (κ2) is 7.14. The summed E-state index contributed by atoms with van der Waals surface area (Å²) < 4.78 is 0. The predicted molar refractivity (Wildman–Crippen MR) is 113 cm³/mol. The van der Waals surface area contributed by atoms with Crippen molar-refractivity contribution in [1.82, 2.24) is 0 Å². The fourth-order valence-corrected chi connectivity index (χ4v) is 6.31. The summed E-state index contributed by atoms with van der Waals surface area (Å²) in [6.07, 6.45) is 0. The first-order valence-electron chi connectivity index (χ1n) is 8.90. The van der Waals surface area contributed by atoms with Crippen molar-refractivity contribution < 1.29 is 0 Å². The molecule has 0 amide bonds. The highest BCUT2D eigenvalue weighted by atomic mass is 31.1. The smallest absolute Gasteiger partial charge is 0.0114 e. The lowest BCUT2D eigenvalue weighted by Gasteiger charge is -2.30. The Morgan fingerprint density at radius 2 is 0.960 bits per heavy atom. The molecule has 0 bridgehead atoms.